The molecule has 0 saturated carbocycles. The Morgan fingerprint density at radius 3 is 2.93 bits per heavy atom. The highest BCUT2D eigenvalue weighted by Gasteiger charge is 1.98. The van der Waals surface area contributed by atoms with E-state index < -0.39 is 0 Å². The van der Waals surface area contributed by atoms with E-state index in [1.165, 1.54) is 0 Å². The minimum atomic E-state index is 0.857. The van der Waals surface area contributed by atoms with E-state index in [0.717, 1.165) is 22.3 Å². The summed E-state index contributed by atoms with van der Waals surface area (Å²) in [5.41, 5.74) is 1.08. The van der Waals surface area contributed by atoms with Gasteiger partial charge in [0.25, 0.3) is 0 Å². The summed E-state index contributed by atoms with van der Waals surface area (Å²) in [6.07, 6.45) is 4.10. The second kappa shape index (κ2) is 5.83. The quantitative estimate of drug-likeness (QED) is 0.894. The molecule has 1 N–H and O–H groups in total. The monoisotopic (exact) mass is 255 g/mol. The van der Waals surface area contributed by atoms with Gasteiger partial charge in [0.15, 0.2) is 0 Å². The van der Waals surface area contributed by atoms with Crippen molar-refractivity contribution < 1.29 is 4.74 Å². The zero-order valence-corrected chi connectivity index (χ0v) is 9.97. The summed E-state index contributed by atoms with van der Waals surface area (Å²) < 4.78 is 6.30. The minimum absolute atomic E-state index is 0.857. The van der Waals surface area contributed by atoms with Crippen LogP contribution in [0.1, 0.15) is 5.56 Å². The summed E-state index contributed by atoms with van der Waals surface area (Å²) in [5.74, 6) is 0.889. The molecule has 76 valence electrons. The second-order valence-corrected chi connectivity index (χ2v) is 3.76. The van der Waals surface area contributed by atoms with Crippen LogP contribution in [0, 0.1) is 0 Å². The molecule has 0 bridgehead atoms. The molecule has 1 aromatic rings. The molecule has 2 nitrogen and oxygen atoms in total. The summed E-state index contributed by atoms with van der Waals surface area (Å²) >= 11 is 3.43. The lowest BCUT2D eigenvalue weighted by Gasteiger charge is -2.04. The van der Waals surface area contributed by atoms with Crippen LogP contribution in [0.3, 0.4) is 0 Å². The molecule has 0 amide bonds. The normalized spacial score (nSPS) is 10.8. The smallest absolute Gasteiger partial charge is 0.126 e. The van der Waals surface area contributed by atoms with Crippen molar-refractivity contribution in [3.63, 3.8) is 0 Å². The first-order valence-electron chi connectivity index (χ1n) is 4.42. The topological polar surface area (TPSA) is 21.3 Å². The number of rotatable bonds is 4. The predicted molar refractivity (Wildman–Crippen MR) is 63.7 cm³/mol. The lowest BCUT2D eigenvalue weighted by molar-refractivity contribution is 0.414. The van der Waals surface area contributed by atoms with Crippen molar-refractivity contribution in [3.8, 4) is 5.75 Å². The van der Waals surface area contributed by atoms with Crippen LogP contribution in [0.2, 0.25) is 0 Å². The SMILES string of the molecule is CNCC=Cc1cc(Br)ccc1OC. The Labute approximate surface area is 93.1 Å². The van der Waals surface area contributed by atoms with Gasteiger partial charge in [-0.2, -0.15) is 0 Å². The van der Waals surface area contributed by atoms with Gasteiger partial charge in [0.05, 0.1) is 7.11 Å². The molecule has 3 heteroatoms. The third-order valence-corrected chi connectivity index (χ3v) is 2.30. The van der Waals surface area contributed by atoms with E-state index in [0.29, 0.717) is 0 Å². The Morgan fingerprint density at radius 2 is 2.29 bits per heavy atom. The summed E-state index contributed by atoms with van der Waals surface area (Å²) in [5, 5.41) is 3.05. The van der Waals surface area contributed by atoms with E-state index in [-0.39, 0.29) is 0 Å². The average molecular weight is 256 g/mol. The van der Waals surface area contributed by atoms with Crippen molar-refractivity contribution in [2.24, 2.45) is 0 Å². The molecular weight excluding hydrogens is 242 g/mol. The van der Waals surface area contributed by atoms with Crippen molar-refractivity contribution in [1.29, 1.82) is 0 Å². The molecule has 0 heterocycles. The van der Waals surface area contributed by atoms with Crippen LogP contribution < -0.4 is 10.1 Å². The number of ether oxygens (including phenoxy) is 1. The van der Waals surface area contributed by atoms with Gasteiger partial charge in [-0.15, -0.1) is 0 Å². The van der Waals surface area contributed by atoms with Gasteiger partial charge in [0.2, 0.25) is 0 Å². The number of hydrogen-bond donors (Lipinski definition) is 1. The first kappa shape index (κ1) is 11.3. The van der Waals surface area contributed by atoms with Gasteiger partial charge in [-0.3, -0.25) is 0 Å². The zero-order valence-electron chi connectivity index (χ0n) is 8.38. The molecule has 0 unspecified atom stereocenters. The first-order chi connectivity index (χ1) is 6.77. The molecule has 1 rings (SSSR count). The van der Waals surface area contributed by atoms with Crippen molar-refractivity contribution in [2.75, 3.05) is 20.7 Å². The highest BCUT2D eigenvalue weighted by molar-refractivity contribution is 9.10. The number of nitrogens with one attached hydrogen (secondary N) is 1. The maximum atomic E-state index is 5.24. The number of halogens is 1. The zero-order chi connectivity index (χ0) is 10.4. The van der Waals surface area contributed by atoms with Crippen LogP contribution in [0.25, 0.3) is 6.08 Å². The van der Waals surface area contributed by atoms with Gasteiger partial charge in [0, 0.05) is 16.6 Å². The van der Waals surface area contributed by atoms with Crippen LogP contribution >= 0.6 is 15.9 Å². The summed E-state index contributed by atoms with van der Waals surface area (Å²) in [6.45, 7) is 0.857. The summed E-state index contributed by atoms with van der Waals surface area (Å²) in [6, 6.07) is 5.95. The standard InChI is InChI=1S/C11H14BrNO/c1-13-7-3-4-9-8-10(12)5-6-11(9)14-2/h3-6,8,13H,7H2,1-2H3. The van der Waals surface area contributed by atoms with E-state index in [1.54, 1.807) is 7.11 Å². The molecule has 0 fully saturated rings. The van der Waals surface area contributed by atoms with Gasteiger partial charge in [-0.05, 0) is 25.2 Å². The molecule has 0 aromatic heterocycles. The van der Waals surface area contributed by atoms with Crippen LogP contribution in [0.4, 0.5) is 0 Å². The number of methoxy groups -OCH3 is 1. The van der Waals surface area contributed by atoms with Gasteiger partial charge in [0.1, 0.15) is 5.75 Å². The molecule has 0 aliphatic rings. The van der Waals surface area contributed by atoms with Crippen molar-refractivity contribution in [2.45, 2.75) is 0 Å². The minimum Gasteiger partial charge on any atom is -0.496 e. The average Bonchev–Trinajstić information content (AvgIpc) is 2.19. The fourth-order valence-electron chi connectivity index (χ4n) is 1.14. The summed E-state index contributed by atoms with van der Waals surface area (Å²) in [4.78, 5) is 0. The van der Waals surface area contributed by atoms with Gasteiger partial charge in [-0.25, -0.2) is 0 Å². The van der Waals surface area contributed by atoms with Crippen LogP contribution in [-0.2, 0) is 0 Å². The fourth-order valence-corrected chi connectivity index (χ4v) is 1.52. The van der Waals surface area contributed by atoms with Gasteiger partial charge < -0.3 is 10.1 Å². The maximum Gasteiger partial charge on any atom is 0.126 e. The van der Waals surface area contributed by atoms with E-state index in [1.807, 2.05) is 31.3 Å². The Hall–Kier alpha value is -0.800. The number of likely N-dealkylation sites (N-methyl/N-ethyl adjacent to an activating group) is 1. The number of hydrogen-bond acceptors (Lipinski definition) is 2. The van der Waals surface area contributed by atoms with E-state index in [4.69, 9.17) is 4.74 Å². The molecule has 0 aliphatic carbocycles. The first-order valence-corrected chi connectivity index (χ1v) is 5.22. The molecule has 0 spiro atoms. The summed E-state index contributed by atoms with van der Waals surface area (Å²) in [7, 11) is 3.60. The fraction of sp³-hybridized carbons (Fsp3) is 0.273. The van der Waals surface area contributed by atoms with E-state index in [9.17, 15) is 0 Å². The van der Waals surface area contributed by atoms with Crippen molar-refractivity contribution >= 4 is 22.0 Å². The van der Waals surface area contributed by atoms with Crippen LogP contribution in [0.15, 0.2) is 28.7 Å². The van der Waals surface area contributed by atoms with Crippen molar-refractivity contribution in [1.82, 2.24) is 5.32 Å². The highest BCUT2D eigenvalue weighted by atomic mass is 79.9. The molecule has 0 atom stereocenters. The Morgan fingerprint density at radius 1 is 1.50 bits per heavy atom. The molecule has 0 radical (unpaired) electrons. The third kappa shape index (κ3) is 3.16. The molecular formula is C11H14BrNO. The molecule has 14 heavy (non-hydrogen) atoms. The lowest BCUT2D eigenvalue weighted by Crippen LogP contribution is -2.03. The Kier molecular flexibility index (Phi) is 4.70. The van der Waals surface area contributed by atoms with Crippen molar-refractivity contribution in [3.05, 3.63) is 34.3 Å². The number of benzene rings is 1. The molecule has 0 aliphatic heterocycles. The molecule has 1 aromatic carbocycles. The maximum absolute atomic E-state index is 5.24. The van der Waals surface area contributed by atoms with E-state index in [2.05, 4.69) is 27.3 Å². The van der Waals surface area contributed by atoms with Gasteiger partial charge >= 0.3 is 0 Å². The molecule has 0 saturated heterocycles. The largest absolute Gasteiger partial charge is 0.496 e. The Bertz CT molecular complexity index is 323. The van der Waals surface area contributed by atoms with Crippen LogP contribution in [-0.4, -0.2) is 20.7 Å². The van der Waals surface area contributed by atoms with E-state index >= 15 is 0 Å². The Balaban J connectivity index is 2.87. The van der Waals surface area contributed by atoms with Crippen LogP contribution in [0.5, 0.6) is 5.75 Å². The lowest BCUT2D eigenvalue weighted by atomic mass is 10.2. The predicted octanol–water partition coefficient (Wildman–Crippen LogP) is 2.69. The third-order valence-electron chi connectivity index (χ3n) is 1.81. The highest BCUT2D eigenvalue weighted by Crippen LogP contribution is 2.23. The second-order valence-electron chi connectivity index (χ2n) is 2.85. The van der Waals surface area contributed by atoms with Gasteiger partial charge in [-0.1, -0.05) is 28.1 Å².